The van der Waals surface area contributed by atoms with Crippen molar-refractivity contribution < 1.29 is 0 Å². The van der Waals surface area contributed by atoms with Gasteiger partial charge in [-0.15, -0.1) is 0 Å². The highest BCUT2D eigenvalue weighted by Gasteiger charge is 2.32. The Morgan fingerprint density at radius 1 is 0.327 bits per heavy atom. The van der Waals surface area contributed by atoms with E-state index >= 15 is 0 Å². The molecule has 0 saturated heterocycles. The van der Waals surface area contributed by atoms with E-state index in [0.29, 0.717) is 10.8 Å². The van der Waals surface area contributed by atoms with Gasteiger partial charge in [0.2, 0.25) is 0 Å². The van der Waals surface area contributed by atoms with Crippen molar-refractivity contribution in [3.63, 3.8) is 0 Å². The lowest BCUT2D eigenvalue weighted by Gasteiger charge is -2.27. The molecule has 0 bridgehead atoms. The average Bonchev–Trinajstić information content (AvgIpc) is 3.37. The van der Waals surface area contributed by atoms with Gasteiger partial charge in [0, 0.05) is 28.6 Å². The van der Waals surface area contributed by atoms with Gasteiger partial charge in [-0.25, -0.2) is 0 Å². The molecule has 0 aliphatic carbocycles. The fourth-order valence-electron chi connectivity index (χ4n) is 11.1. The molecule has 242 valence electrons. The van der Waals surface area contributed by atoms with Crippen LogP contribution in [-0.4, -0.2) is 4.57 Å². The predicted octanol–water partition coefficient (Wildman–Crippen LogP) is 12.0. The Hall–Kier alpha value is -6.32. The number of nitrogens with zero attached hydrogens (tertiary/aromatic N) is 1. The summed E-state index contributed by atoms with van der Waals surface area (Å²) in [6.45, 7) is 8.88. The Labute approximate surface area is 295 Å². The van der Waals surface area contributed by atoms with Crippen molar-refractivity contribution in [2.45, 2.75) is 27.7 Å². The molecule has 0 saturated carbocycles. The van der Waals surface area contributed by atoms with Crippen LogP contribution in [0.1, 0.15) is 22.3 Å². The first-order chi connectivity index (χ1) is 25.2. The van der Waals surface area contributed by atoms with Crippen LogP contribution < -0.4 is 11.1 Å². The molecule has 12 aromatic carbocycles. The van der Waals surface area contributed by atoms with Crippen molar-refractivity contribution in [3.05, 3.63) is 128 Å². The quantitative estimate of drug-likeness (QED) is 0.120. The van der Waals surface area contributed by atoms with Gasteiger partial charge >= 0.3 is 0 Å². The van der Waals surface area contributed by atoms with Crippen molar-refractivity contribution >= 4 is 129 Å². The van der Waals surface area contributed by atoms with Crippen LogP contribution in [-0.2, 0) is 7.05 Å². The van der Waals surface area contributed by atoms with Crippen LogP contribution in [0.5, 0.6) is 0 Å². The van der Waals surface area contributed by atoms with Gasteiger partial charge in [0.1, 0.15) is 0 Å². The second-order valence-corrected chi connectivity index (χ2v) is 15.7. The number of hydrogen-bond donors (Lipinski definition) is 0. The molecule has 0 amide bonds. The fourth-order valence-corrected chi connectivity index (χ4v) is 11.1. The summed E-state index contributed by atoms with van der Waals surface area (Å²) in [4.78, 5) is 29.2. The first-order valence-corrected chi connectivity index (χ1v) is 18.2. The summed E-state index contributed by atoms with van der Waals surface area (Å²) in [5.41, 5.74) is 4.48. The topological polar surface area (TPSA) is 39.1 Å². The van der Waals surface area contributed by atoms with Gasteiger partial charge in [-0.05, 0) is 136 Å². The van der Waals surface area contributed by atoms with Crippen LogP contribution >= 0.6 is 0 Å². The fraction of sp³-hybridized carbons (Fsp3) is 0.102. The molecule has 13 rings (SSSR count). The van der Waals surface area contributed by atoms with Gasteiger partial charge in [0.15, 0.2) is 0 Å². The SMILES string of the molecule is Cc1ccc2c(c1)c1cc(C)c3c4c(C)cc5c6cc(C)ccc6c6cccc7c6c5c4c4c7c5c(=O)n(C)c(=O)c5c5c6cccc2c6c1c3c54. The maximum absolute atomic E-state index is 14.6. The van der Waals surface area contributed by atoms with Crippen molar-refractivity contribution in [3.8, 4) is 0 Å². The van der Waals surface area contributed by atoms with Crippen LogP contribution in [0.25, 0.3) is 129 Å². The molecule has 0 aliphatic heterocycles. The minimum Gasteiger partial charge on any atom is -0.277 e. The summed E-state index contributed by atoms with van der Waals surface area (Å²) in [5, 5.41) is 26.9. The molecular formula is C49H29NO2. The molecule has 0 atom stereocenters. The molecule has 1 heterocycles. The Balaban J connectivity index is 1.54. The zero-order chi connectivity index (χ0) is 34.8. The normalized spacial score (nSPS) is 13.2. The summed E-state index contributed by atoms with van der Waals surface area (Å²) in [6, 6.07) is 31.5. The molecular weight excluding hydrogens is 635 g/mol. The van der Waals surface area contributed by atoms with Gasteiger partial charge in [0.25, 0.3) is 11.1 Å². The maximum Gasteiger partial charge on any atom is 0.261 e. The number of benzene rings is 12. The third kappa shape index (κ3) is 2.70. The number of aromatic nitrogens is 1. The Bertz CT molecular complexity index is 3690. The van der Waals surface area contributed by atoms with Gasteiger partial charge in [-0.2, -0.15) is 0 Å². The van der Waals surface area contributed by atoms with E-state index in [1.54, 1.807) is 7.05 Å². The minimum absolute atomic E-state index is 0.219. The van der Waals surface area contributed by atoms with Crippen LogP contribution in [0.4, 0.5) is 0 Å². The van der Waals surface area contributed by atoms with E-state index in [4.69, 9.17) is 0 Å². The highest BCUT2D eigenvalue weighted by molar-refractivity contribution is 6.57. The Kier molecular flexibility index (Phi) is 4.43. The van der Waals surface area contributed by atoms with Crippen LogP contribution in [0.3, 0.4) is 0 Å². The Morgan fingerprint density at radius 3 is 1.15 bits per heavy atom. The van der Waals surface area contributed by atoms with E-state index in [2.05, 4.69) is 113 Å². The molecule has 52 heavy (non-hydrogen) atoms. The first kappa shape index (κ1) is 27.4. The van der Waals surface area contributed by atoms with Crippen LogP contribution in [0.2, 0.25) is 0 Å². The summed E-state index contributed by atoms with van der Waals surface area (Å²) in [5.74, 6) is 0. The van der Waals surface area contributed by atoms with E-state index in [1.807, 2.05) is 0 Å². The second kappa shape index (κ2) is 8.41. The van der Waals surface area contributed by atoms with Gasteiger partial charge < -0.3 is 0 Å². The monoisotopic (exact) mass is 663 g/mol. The van der Waals surface area contributed by atoms with E-state index in [9.17, 15) is 9.59 Å². The second-order valence-electron chi connectivity index (χ2n) is 15.7. The summed E-state index contributed by atoms with van der Waals surface area (Å²) in [7, 11) is 1.65. The molecule has 0 fully saturated rings. The minimum atomic E-state index is -0.219. The lowest BCUT2D eigenvalue weighted by molar-refractivity contribution is 0.857. The van der Waals surface area contributed by atoms with Crippen molar-refractivity contribution in [2.24, 2.45) is 7.05 Å². The smallest absolute Gasteiger partial charge is 0.261 e. The molecule has 3 heteroatoms. The van der Waals surface area contributed by atoms with Crippen LogP contribution in [0, 0.1) is 27.7 Å². The summed E-state index contributed by atoms with van der Waals surface area (Å²) in [6.07, 6.45) is 0. The number of aryl methyl sites for hydroxylation is 4. The van der Waals surface area contributed by atoms with E-state index < -0.39 is 0 Å². The molecule has 0 unspecified atom stereocenters. The highest BCUT2D eigenvalue weighted by Crippen LogP contribution is 2.58. The predicted molar refractivity (Wildman–Crippen MR) is 223 cm³/mol. The van der Waals surface area contributed by atoms with E-state index in [1.165, 1.54) is 113 Å². The van der Waals surface area contributed by atoms with Crippen molar-refractivity contribution in [1.29, 1.82) is 0 Å². The highest BCUT2D eigenvalue weighted by atomic mass is 16.2. The maximum atomic E-state index is 14.6. The van der Waals surface area contributed by atoms with E-state index in [-0.39, 0.29) is 11.1 Å². The lowest BCUT2D eigenvalue weighted by Crippen LogP contribution is -2.21. The first-order valence-electron chi connectivity index (χ1n) is 18.2. The zero-order valence-electron chi connectivity index (χ0n) is 29.3. The van der Waals surface area contributed by atoms with Gasteiger partial charge in [-0.1, -0.05) is 96.1 Å². The molecule has 0 spiro atoms. The number of fused-ring (bicyclic) bond motifs is 12. The lowest BCUT2D eigenvalue weighted by atomic mass is 9.75. The standard InChI is InChI=1S/C49H29NO2/c1-20-12-14-24-26-8-6-10-28-36(26)40-32(30(24)16-20)18-22(3)34-35-23(4)19-33-31-17-21(2)13-15-25(31)27-9-7-11-29-37(27)41(33)43(35)45-39(29)47-46(38(28)44(45)42(34)40)48(51)50(5)49(47)52/h6-19H,1-5H3. The van der Waals surface area contributed by atoms with E-state index in [0.717, 1.165) is 32.3 Å². The largest absolute Gasteiger partial charge is 0.277 e. The molecule has 0 N–H and O–H groups in total. The molecule has 0 radical (unpaired) electrons. The third-order valence-electron chi connectivity index (χ3n) is 13.0. The van der Waals surface area contributed by atoms with Gasteiger partial charge in [0.05, 0.1) is 10.8 Å². The van der Waals surface area contributed by atoms with Gasteiger partial charge in [-0.3, -0.25) is 14.2 Å². The number of rotatable bonds is 0. The van der Waals surface area contributed by atoms with Crippen molar-refractivity contribution in [2.75, 3.05) is 0 Å². The molecule has 3 nitrogen and oxygen atoms in total. The summed E-state index contributed by atoms with van der Waals surface area (Å²) < 4.78 is 1.35. The number of hydrogen-bond acceptors (Lipinski definition) is 2. The molecule has 0 aliphatic rings. The molecule has 1 aromatic heterocycles. The third-order valence-corrected chi connectivity index (χ3v) is 13.0. The molecule has 13 aromatic rings. The van der Waals surface area contributed by atoms with Crippen LogP contribution in [0.15, 0.2) is 94.5 Å². The average molecular weight is 664 g/mol. The Morgan fingerprint density at radius 2 is 0.712 bits per heavy atom. The summed E-state index contributed by atoms with van der Waals surface area (Å²) >= 11 is 0. The van der Waals surface area contributed by atoms with Crippen molar-refractivity contribution in [1.82, 2.24) is 4.57 Å². The zero-order valence-corrected chi connectivity index (χ0v) is 29.3.